The number of nitriles is 1. The Bertz CT molecular complexity index is 1490. The fourth-order valence-corrected chi connectivity index (χ4v) is 5.02. The van der Waals surface area contributed by atoms with Crippen molar-refractivity contribution in [3.8, 4) is 11.8 Å². The largest absolute Gasteiger partial charge is 0.492 e. The molecule has 1 aliphatic heterocycles. The molecule has 1 fully saturated rings. The molecule has 0 amide bonds. The number of aryl methyl sites for hydroxylation is 1. The van der Waals surface area contributed by atoms with E-state index in [1.165, 1.54) is 0 Å². The van der Waals surface area contributed by atoms with Gasteiger partial charge in [-0.1, -0.05) is 37.6 Å². The van der Waals surface area contributed by atoms with Crippen molar-refractivity contribution in [3.63, 3.8) is 0 Å². The van der Waals surface area contributed by atoms with Gasteiger partial charge in [0.05, 0.1) is 48.4 Å². The minimum absolute atomic E-state index is 0.261. The molecule has 7 nitrogen and oxygen atoms in total. The first-order valence-corrected chi connectivity index (χ1v) is 13.7. The molecular formula is C31H36N6O. The Morgan fingerprint density at radius 1 is 1.00 bits per heavy atom. The third kappa shape index (κ3) is 5.81. The van der Waals surface area contributed by atoms with Crippen molar-refractivity contribution in [1.82, 2.24) is 19.4 Å². The number of unbranched alkanes of at least 4 members (excludes halogenated alkanes) is 1. The highest BCUT2D eigenvalue weighted by Gasteiger charge is 2.18. The Morgan fingerprint density at radius 2 is 1.71 bits per heavy atom. The predicted octanol–water partition coefficient (Wildman–Crippen LogP) is 4.95. The van der Waals surface area contributed by atoms with Gasteiger partial charge in [0.15, 0.2) is 0 Å². The highest BCUT2D eigenvalue weighted by molar-refractivity contribution is 5.76. The van der Waals surface area contributed by atoms with Gasteiger partial charge < -0.3 is 19.2 Å². The highest BCUT2D eigenvalue weighted by Crippen LogP contribution is 2.22. The van der Waals surface area contributed by atoms with Gasteiger partial charge >= 0.3 is 0 Å². The molecular weight excluding hydrogens is 472 g/mol. The Morgan fingerprint density at radius 3 is 2.39 bits per heavy atom. The third-order valence-electron chi connectivity index (χ3n) is 7.11. The number of benzene rings is 2. The van der Waals surface area contributed by atoms with Crippen LogP contribution in [-0.2, 0) is 13.1 Å². The van der Waals surface area contributed by atoms with E-state index in [1.807, 2.05) is 43.3 Å². The van der Waals surface area contributed by atoms with Crippen molar-refractivity contribution in [2.45, 2.75) is 58.7 Å². The summed E-state index contributed by atoms with van der Waals surface area (Å²) in [7, 11) is 0. The second kappa shape index (κ2) is 12.1. The van der Waals surface area contributed by atoms with E-state index in [2.05, 4.69) is 51.7 Å². The van der Waals surface area contributed by atoms with Crippen LogP contribution in [0.2, 0.25) is 0 Å². The standard InChI is InChI=1S/C31H36N6O/c1-3-4-19-38-30-14-9-23(2)34-27(30)22-37-29-8-6-5-7-28(29)36(21-25-12-10-24(20-32)11-13-25)31(37)35-26-15-17-33-18-16-26/h5-14,26,33H,3-4,15-19,21-22H2,1-2H3/b35-31+. The highest BCUT2D eigenvalue weighted by atomic mass is 16.5. The maximum absolute atomic E-state index is 9.24. The summed E-state index contributed by atoms with van der Waals surface area (Å²) in [5.41, 5.74) is 6.90. The topological polar surface area (TPSA) is 80.2 Å². The van der Waals surface area contributed by atoms with E-state index in [1.54, 1.807) is 0 Å². The van der Waals surface area contributed by atoms with Crippen LogP contribution in [0.5, 0.6) is 5.75 Å². The number of imidazole rings is 1. The number of para-hydroxylation sites is 2. The maximum atomic E-state index is 9.24. The summed E-state index contributed by atoms with van der Waals surface area (Å²) in [6.45, 7) is 8.10. The van der Waals surface area contributed by atoms with Crippen LogP contribution in [0.4, 0.5) is 0 Å². The fourth-order valence-electron chi connectivity index (χ4n) is 5.02. The molecule has 0 atom stereocenters. The van der Waals surface area contributed by atoms with Crippen molar-refractivity contribution >= 4 is 11.0 Å². The molecule has 1 N–H and O–H groups in total. The number of nitrogens with one attached hydrogen (secondary N) is 1. The van der Waals surface area contributed by atoms with Gasteiger partial charge in [-0.05, 0) is 81.2 Å². The monoisotopic (exact) mass is 508 g/mol. The van der Waals surface area contributed by atoms with Crippen LogP contribution < -0.4 is 15.7 Å². The van der Waals surface area contributed by atoms with Crippen LogP contribution in [0.3, 0.4) is 0 Å². The summed E-state index contributed by atoms with van der Waals surface area (Å²) in [5, 5.41) is 12.7. The maximum Gasteiger partial charge on any atom is 0.206 e. The summed E-state index contributed by atoms with van der Waals surface area (Å²) in [6, 6.07) is 22.9. The van der Waals surface area contributed by atoms with E-state index in [-0.39, 0.29) is 6.04 Å². The molecule has 1 aliphatic rings. The van der Waals surface area contributed by atoms with Crippen molar-refractivity contribution in [2.75, 3.05) is 19.7 Å². The zero-order valence-corrected chi connectivity index (χ0v) is 22.4. The van der Waals surface area contributed by atoms with Crippen molar-refractivity contribution in [3.05, 3.63) is 88.8 Å². The molecule has 3 heterocycles. The van der Waals surface area contributed by atoms with Crippen LogP contribution in [-0.4, -0.2) is 39.9 Å². The van der Waals surface area contributed by atoms with Crippen molar-refractivity contribution in [2.24, 2.45) is 4.99 Å². The molecule has 2 aromatic heterocycles. The van der Waals surface area contributed by atoms with Gasteiger partial charge in [-0.3, -0.25) is 4.98 Å². The van der Waals surface area contributed by atoms with Crippen LogP contribution in [0.1, 0.15) is 55.1 Å². The van der Waals surface area contributed by atoms with E-state index in [0.29, 0.717) is 25.3 Å². The van der Waals surface area contributed by atoms with E-state index in [0.717, 1.165) is 78.1 Å². The lowest BCUT2D eigenvalue weighted by atomic mass is 10.1. The van der Waals surface area contributed by atoms with Gasteiger partial charge in [-0.2, -0.15) is 5.26 Å². The minimum atomic E-state index is 0.261. The van der Waals surface area contributed by atoms with Gasteiger partial charge in [0, 0.05) is 5.69 Å². The lowest BCUT2D eigenvalue weighted by molar-refractivity contribution is 0.303. The number of fused-ring (bicyclic) bond motifs is 1. The average molecular weight is 509 g/mol. The quantitative estimate of drug-likeness (QED) is 0.325. The first kappa shape index (κ1) is 25.7. The van der Waals surface area contributed by atoms with Crippen molar-refractivity contribution in [1.29, 1.82) is 5.26 Å². The third-order valence-corrected chi connectivity index (χ3v) is 7.11. The lowest BCUT2D eigenvalue weighted by Crippen LogP contribution is -2.34. The molecule has 0 aliphatic carbocycles. The van der Waals surface area contributed by atoms with E-state index >= 15 is 0 Å². The van der Waals surface area contributed by atoms with Crippen molar-refractivity contribution < 1.29 is 4.74 Å². The first-order valence-electron chi connectivity index (χ1n) is 13.7. The summed E-state index contributed by atoms with van der Waals surface area (Å²) in [5.74, 6) is 0.841. The fraction of sp³-hybridized carbons (Fsp3) is 0.387. The van der Waals surface area contributed by atoms with Gasteiger partial charge in [0.1, 0.15) is 11.4 Å². The molecule has 7 heteroatoms. The van der Waals surface area contributed by atoms with Gasteiger partial charge in [-0.15, -0.1) is 0 Å². The molecule has 0 unspecified atom stereocenters. The Hall–Kier alpha value is -3.89. The minimum Gasteiger partial charge on any atom is -0.492 e. The Balaban J connectivity index is 1.64. The molecule has 0 bridgehead atoms. The van der Waals surface area contributed by atoms with Gasteiger partial charge in [0.25, 0.3) is 0 Å². The summed E-state index contributed by atoms with van der Waals surface area (Å²) >= 11 is 0. The molecule has 5 rings (SSSR count). The smallest absolute Gasteiger partial charge is 0.206 e. The van der Waals surface area contributed by atoms with Gasteiger partial charge in [0.2, 0.25) is 5.62 Å². The first-order chi connectivity index (χ1) is 18.7. The summed E-state index contributed by atoms with van der Waals surface area (Å²) < 4.78 is 10.8. The lowest BCUT2D eigenvalue weighted by Gasteiger charge is -2.19. The van der Waals surface area contributed by atoms with Crippen LogP contribution in [0, 0.1) is 18.3 Å². The molecule has 4 aromatic rings. The SMILES string of the molecule is CCCCOc1ccc(C)nc1Cn1/c(=N/C2CCNCC2)n(Cc2ccc(C#N)cc2)c2ccccc21. The number of pyridine rings is 1. The zero-order valence-electron chi connectivity index (χ0n) is 22.4. The zero-order chi connectivity index (χ0) is 26.3. The van der Waals surface area contributed by atoms with Crippen LogP contribution >= 0.6 is 0 Å². The van der Waals surface area contributed by atoms with Crippen LogP contribution in [0.15, 0.2) is 65.7 Å². The second-order valence-corrected chi connectivity index (χ2v) is 9.98. The molecule has 38 heavy (non-hydrogen) atoms. The number of hydrogen-bond acceptors (Lipinski definition) is 5. The predicted molar refractivity (Wildman–Crippen MR) is 150 cm³/mol. The second-order valence-electron chi connectivity index (χ2n) is 9.98. The molecule has 2 aromatic carbocycles. The summed E-state index contributed by atoms with van der Waals surface area (Å²) in [4.78, 5) is 10.3. The molecule has 0 spiro atoms. The summed E-state index contributed by atoms with van der Waals surface area (Å²) in [6.07, 6.45) is 4.14. The number of hydrogen-bond donors (Lipinski definition) is 1. The Kier molecular flexibility index (Phi) is 8.20. The number of ether oxygens (including phenoxy) is 1. The average Bonchev–Trinajstić information content (AvgIpc) is 3.22. The van der Waals surface area contributed by atoms with Crippen LogP contribution in [0.25, 0.3) is 11.0 Å². The van der Waals surface area contributed by atoms with E-state index in [9.17, 15) is 5.26 Å². The molecule has 0 saturated carbocycles. The number of rotatable bonds is 9. The number of aromatic nitrogens is 3. The molecule has 0 radical (unpaired) electrons. The van der Waals surface area contributed by atoms with E-state index < -0.39 is 0 Å². The van der Waals surface area contributed by atoms with E-state index in [4.69, 9.17) is 14.7 Å². The molecule has 1 saturated heterocycles. The Labute approximate surface area is 224 Å². The van der Waals surface area contributed by atoms with Gasteiger partial charge in [-0.25, -0.2) is 4.99 Å². The number of piperidine rings is 1. The normalized spacial score (nSPS) is 14.6. The molecule has 196 valence electrons. The number of nitrogens with zero attached hydrogens (tertiary/aromatic N) is 5.